The minimum atomic E-state index is -0.0519. The van der Waals surface area contributed by atoms with Gasteiger partial charge in [-0.2, -0.15) is 0 Å². The van der Waals surface area contributed by atoms with Crippen LogP contribution in [0.2, 0.25) is 0 Å². The van der Waals surface area contributed by atoms with Crippen molar-refractivity contribution < 1.29 is 9.59 Å². The summed E-state index contributed by atoms with van der Waals surface area (Å²) in [6.07, 6.45) is 4.26. The number of hydrogen-bond acceptors (Lipinski definition) is 4. The molecule has 0 bridgehead atoms. The van der Waals surface area contributed by atoms with Crippen molar-refractivity contribution in [3.63, 3.8) is 0 Å². The van der Waals surface area contributed by atoms with E-state index in [2.05, 4.69) is 55.3 Å². The molecule has 1 atom stereocenters. The summed E-state index contributed by atoms with van der Waals surface area (Å²) in [6, 6.07) is 22.4. The van der Waals surface area contributed by atoms with E-state index in [1.54, 1.807) is 0 Å². The lowest BCUT2D eigenvalue weighted by Gasteiger charge is -2.31. The summed E-state index contributed by atoms with van der Waals surface area (Å²) in [6.45, 7) is 9.68. The minimum Gasteiger partial charge on any atom is -0.350 e. The molecule has 2 aliphatic rings. The van der Waals surface area contributed by atoms with Crippen molar-refractivity contribution in [1.29, 1.82) is 0 Å². The zero-order valence-electron chi connectivity index (χ0n) is 22.4. The molecular weight excluding hydrogens is 490 g/mol. The maximum Gasteiger partial charge on any atom is 0.265 e. The smallest absolute Gasteiger partial charge is 0.265 e. The lowest BCUT2D eigenvalue weighted by atomic mass is 10.0. The van der Waals surface area contributed by atoms with Gasteiger partial charge in [0.05, 0.1) is 17.1 Å². The number of fused-ring (bicyclic) bond motifs is 1. The third-order valence-corrected chi connectivity index (χ3v) is 8.62. The SMILES string of the molecule is CCN1CCC[C@@H]1CNC(=O)c1ccc(/C=C2\Sc3ccccc3N(Cc3cc(C)ccc3C)C2=O)cc1. The molecule has 3 aromatic carbocycles. The highest BCUT2D eigenvalue weighted by atomic mass is 32.2. The highest BCUT2D eigenvalue weighted by molar-refractivity contribution is 8.04. The number of carbonyl (C=O) groups is 2. The molecule has 0 aromatic heterocycles. The Bertz CT molecular complexity index is 1370. The Morgan fingerprint density at radius 2 is 1.87 bits per heavy atom. The number of carbonyl (C=O) groups excluding carboxylic acids is 2. The van der Waals surface area contributed by atoms with Crippen LogP contribution < -0.4 is 10.2 Å². The summed E-state index contributed by atoms with van der Waals surface area (Å²) in [5.74, 6) is -0.0580. The minimum absolute atomic E-state index is 0.00605. The van der Waals surface area contributed by atoms with Gasteiger partial charge in [0, 0.05) is 23.0 Å². The van der Waals surface area contributed by atoms with Gasteiger partial charge in [0.1, 0.15) is 0 Å². The molecule has 0 radical (unpaired) electrons. The molecule has 0 unspecified atom stereocenters. The summed E-state index contributed by atoms with van der Waals surface area (Å²) >= 11 is 1.50. The van der Waals surface area contributed by atoms with E-state index in [1.165, 1.54) is 29.3 Å². The molecule has 1 N–H and O–H groups in total. The van der Waals surface area contributed by atoms with Crippen LogP contribution in [-0.2, 0) is 11.3 Å². The maximum atomic E-state index is 13.7. The summed E-state index contributed by atoms with van der Waals surface area (Å²) in [4.78, 5) is 32.5. The van der Waals surface area contributed by atoms with Gasteiger partial charge in [-0.05, 0) is 86.8 Å². The molecule has 3 aromatic rings. The van der Waals surface area contributed by atoms with Crippen molar-refractivity contribution in [3.05, 3.63) is 99.5 Å². The molecule has 6 heteroatoms. The molecule has 196 valence electrons. The van der Waals surface area contributed by atoms with Crippen molar-refractivity contribution in [3.8, 4) is 0 Å². The van der Waals surface area contributed by atoms with E-state index in [9.17, 15) is 9.59 Å². The Morgan fingerprint density at radius 3 is 2.66 bits per heavy atom. The van der Waals surface area contributed by atoms with Crippen LogP contribution in [0.4, 0.5) is 5.69 Å². The first kappa shape index (κ1) is 26.3. The van der Waals surface area contributed by atoms with E-state index in [-0.39, 0.29) is 11.8 Å². The highest BCUT2D eigenvalue weighted by Gasteiger charge is 2.29. The second-order valence-electron chi connectivity index (χ2n) is 10.2. The number of nitrogens with zero attached hydrogens (tertiary/aromatic N) is 2. The van der Waals surface area contributed by atoms with E-state index in [0.717, 1.165) is 41.2 Å². The monoisotopic (exact) mass is 525 g/mol. The molecule has 2 amide bonds. The summed E-state index contributed by atoms with van der Waals surface area (Å²) in [7, 11) is 0. The zero-order valence-corrected chi connectivity index (χ0v) is 23.2. The van der Waals surface area contributed by atoms with Crippen molar-refractivity contribution in [1.82, 2.24) is 10.2 Å². The third kappa shape index (κ3) is 5.71. The first-order valence-corrected chi connectivity index (χ1v) is 14.2. The average Bonchev–Trinajstić information content (AvgIpc) is 3.39. The van der Waals surface area contributed by atoms with E-state index in [4.69, 9.17) is 0 Å². The van der Waals surface area contributed by atoms with Crippen LogP contribution in [0.25, 0.3) is 6.08 Å². The zero-order chi connectivity index (χ0) is 26.6. The Morgan fingerprint density at radius 1 is 1.08 bits per heavy atom. The van der Waals surface area contributed by atoms with Crippen molar-refractivity contribution in [2.45, 2.75) is 51.1 Å². The highest BCUT2D eigenvalue weighted by Crippen LogP contribution is 2.42. The van der Waals surface area contributed by atoms with Crippen LogP contribution in [0.3, 0.4) is 0 Å². The number of aryl methyl sites for hydroxylation is 2. The predicted octanol–water partition coefficient (Wildman–Crippen LogP) is 6.20. The first-order chi connectivity index (χ1) is 18.4. The Labute approximate surface area is 229 Å². The van der Waals surface area contributed by atoms with Crippen LogP contribution >= 0.6 is 11.8 Å². The molecule has 2 heterocycles. The lowest BCUT2D eigenvalue weighted by molar-refractivity contribution is -0.114. The molecule has 0 aliphatic carbocycles. The van der Waals surface area contributed by atoms with Crippen LogP contribution in [-0.4, -0.2) is 42.4 Å². The van der Waals surface area contributed by atoms with Gasteiger partial charge in [0.25, 0.3) is 11.8 Å². The molecular formula is C32H35N3O2S. The Balaban J connectivity index is 1.33. The fraction of sp³-hybridized carbons (Fsp3) is 0.312. The van der Waals surface area contributed by atoms with Gasteiger partial charge in [-0.3, -0.25) is 14.5 Å². The lowest BCUT2D eigenvalue weighted by Crippen LogP contribution is -2.40. The summed E-state index contributed by atoms with van der Waals surface area (Å²) < 4.78 is 0. The second-order valence-corrected chi connectivity index (χ2v) is 11.2. The summed E-state index contributed by atoms with van der Waals surface area (Å²) in [5, 5.41) is 3.10. The van der Waals surface area contributed by atoms with E-state index < -0.39 is 0 Å². The second kappa shape index (κ2) is 11.6. The number of anilines is 1. The van der Waals surface area contributed by atoms with Crippen LogP contribution in [0.1, 0.15) is 52.4 Å². The number of benzene rings is 3. The van der Waals surface area contributed by atoms with Crippen molar-refractivity contribution in [2.24, 2.45) is 0 Å². The molecule has 5 nitrogen and oxygen atoms in total. The molecule has 38 heavy (non-hydrogen) atoms. The topological polar surface area (TPSA) is 52.7 Å². The largest absolute Gasteiger partial charge is 0.350 e. The number of rotatable bonds is 7. The number of thioether (sulfide) groups is 1. The van der Waals surface area contributed by atoms with Gasteiger partial charge in [0.15, 0.2) is 0 Å². The molecule has 1 saturated heterocycles. The quantitative estimate of drug-likeness (QED) is 0.373. The number of likely N-dealkylation sites (N-methyl/N-ethyl adjacent to an activating group) is 1. The van der Waals surface area contributed by atoms with Crippen LogP contribution in [0, 0.1) is 13.8 Å². The standard InChI is InChI=1S/C32H35N3O2S/c1-4-34-17-7-8-27(34)20-33-31(36)25-15-13-24(14-16-25)19-30-32(37)35(28-9-5-6-10-29(28)38-30)21-26-18-22(2)11-12-23(26)3/h5-6,9-16,18-19,27H,4,7-8,17,20-21H2,1-3H3,(H,33,36)/b30-19-/t27-/m1/s1. The van der Waals surface area contributed by atoms with E-state index in [0.29, 0.717) is 29.6 Å². The van der Waals surface area contributed by atoms with Crippen LogP contribution in [0.15, 0.2) is 76.5 Å². The van der Waals surface area contributed by atoms with Gasteiger partial charge >= 0.3 is 0 Å². The number of nitrogens with one attached hydrogen (secondary N) is 1. The fourth-order valence-corrected chi connectivity index (χ4v) is 6.36. The number of hydrogen-bond donors (Lipinski definition) is 1. The molecule has 0 spiro atoms. The molecule has 5 rings (SSSR count). The molecule has 1 fully saturated rings. The van der Waals surface area contributed by atoms with Gasteiger partial charge in [-0.25, -0.2) is 0 Å². The number of likely N-dealkylation sites (tertiary alicyclic amines) is 1. The maximum absolute atomic E-state index is 13.7. The normalized spacial score (nSPS) is 18.6. The third-order valence-electron chi connectivity index (χ3n) is 7.54. The van der Waals surface area contributed by atoms with E-state index in [1.807, 2.05) is 53.4 Å². The first-order valence-electron chi connectivity index (χ1n) is 13.4. The predicted molar refractivity (Wildman–Crippen MR) is 156 cm³/mol. The number of para-hydroxylation sites is 1. The Kier molecular flexibility index (Phi) is 8.01. The van der Waals surface area contributed by atoms with Gasteiger partial charge in [0.2, 0.25) is 0 Å². The Hall–Kier alpha value is -3.35. The van der Waals surface area contributed by atoms with Gasteiger partial charge < -0.3 is 10.2 Å². The fourth-order valence-electron chi connectivity index (χ4n) is 5.30. The molecule has 2 aliphatic heterocycles. The average molecular weight is 526 g/mol. The number of amides is 2. The van der Waals surface area contributed by atoms with Gasteiger partial charge in [-0.1, -0.05) is 66.7 Å². The van der Waals surface area contributed by atoms with E-state index >= 15 is 0 Å². The van der Waals surface area contributed by atoms with Crippen LogP contribution in [0.5, 0.6) is 0 Å². The van der Waals surface area contributed by atoms with Crippen molar-refractivity contribution in [2.75, 3.05) is 24.5 Å². The summed E-state index contributed by atoms with van der Waals surface area (Å²) in [5.41, 5.74) is 5.98. The molecule has 0 saturated carbocycles. The van der Waals surface area contributed by atoms with Gasteiger partial charge in [-0.15, -0.1) is 0 Å². The van der Waals surface area contributed by atoms with Crippen molar-refractivity contribution >= 4 is 35.3 Å².